The molecule has 0 spiro atoms. The predicted molar refractivity (Wildman–Crippen MR) is 105 cm³/mol. The molecule has 0 radical (unpaired) electrons. The van der Waals surface area contributed by atoms with Crippen molar-refractivity contribution in [2.24, 2.45) is 0 Å². The van der Waals surface area contributed by atoms with Crippen LogP contribution in [0.4, 0.5) is 5.82 Å². The van der Waals surface area contributed by atoms with E-state index in [9.17, 15) is 0 Å². The highest BCUT2D eigenvalue weighted by Crippen LogP contribution is 2.33. The molecule has 2 heterocycles. The monoisotopic (exact) mass is 354 g/mol. The molecular formula is C20H26N4O2. The van der Waals surface area contributed by atoms with Crippen LogP contribution < -0.4 is 14.4 Å². The largest absolute Gasteiger partial charge is 0.493 e. The summed E-state index contributed by atoms with van der Waals surface area (Å²) in [6.07, 6.45) is 0. The summed E-state index contributed by atoms with van der Waals surface area (Å²) in [6, 6.07) is 7.84. The van der Waals surface area contributed by atoms with Gasteiger partial charge in [-0.15, -0.1) is 0 Å². The number of anilines is 1. The smallest absolute Gasteiger partial charge is 0.161 e. The summed E-state index contributed by atoms with van der Waals surface area (Å²) in [5.74, 6) is 2.49. The summed E-state index contributed by atoms with van der Waals surface area (Å²) in [7, 11) is 3.27. The minimum absolute atomic E-state index is 0.686. The first-order chi connectivity index (χ1) is 12.5. The van der Waals surface area contributed by atoms with Gasteiger partial charge in [0.25, 0.3) is 0 Å². The third kappa shape index (κ3) is 2.96. The first kappa shape index (κ1) is 18.0. The van der Waals surface area contributed by atoms with Crippen molar-refractivity contribution < 1.29 is 9.47 Å². The molecule has 0 atom stereocenters. The van der Waals surface area contributed by atoms with Crippen molar-refractivity contribution in [1.29, 1.82) is 0 Å². The number of fused-ring (bicyclic) bond motifs is 1. The molecule has 0 bridgehead atoms. The van der Waals surface area contributed by atoms with Gasteiger partial charge in [0.2, 0.25) is 0 Å². The molecule has 2 aromatic heterocycles. The lowest BCUT2D eigenvalue weighted by Crippen LogP contribution is -2.26. The number of rotatable bonds is 6. The van der Waals surface area contributed by atoms with Crippen molar-refractivity contribution in [1.82, 2.24) is 14.6 Å². The lowest BCUT2D eigenvalue weighted by Gasteiger charge is -2.24. The molecule has 0 unspecified atom stereocenters. The number of hydrogen-bond acceptors (Lipinski definition) is 5. The van der Waals surface area contributed by atoms with E-state index >= 15 is 0 Å². The van der Waals surface area contributed by atoms with Crippen LogP contribution in [-0.4, -0.2) is 41.9 Å². The molecule has 0 saturated heterocycles. The van der Waals surface area contributed by atoms with Crippen LogP contribution in [0.2, 0.25) is 0 Å². The summed E-state index contributed by atoms with van der Waals surface area (Å²) in [5, 5.41) is 4.85. The average Bonchev–Trinajstić information content (AvgIpc) is 3.08. The molecule has 0 fully saturated rings. The molecule has 3 aromatic rings. The zero-order valence-electron chi connectivity index (χ0n) is 16.3. The summed E-state index contributed by atoms with van der Waals surface area (Å²) < 4.78 is 12.7. The van der Waals surface area contributed by atoms with Crippen LogP contribution in [0.25, 0.3) is 16.9 Å². The molecule has 0 saturated carbocycles. The molecule has 138 valence electrons. The van der Waals surface area contributed by atoms with Gasteiger partial charge >= 0.3 is 0 Å². The molecule has 1 aromatic carbocycles. The van der Waals surface area contributed by atoms with Crippen LogP contribution in [0.5, 0.6) is 11.5 Å². The van der Waals surface area contributed by atoms with Crippen LogP contribution in [0.15, 0.2) is 24.3 Å². The molecule has 3 rings (SSSR count). The van der Waals surface area contributed by atoms with Gasteiger partial charge in [-0.25, -0.2) is 4.98 Å². The summed E-state index contributed by atoms with van der Waals surface area (Å²) in [5.41, 5.74) is 4.85. The van der Waals surface area contributed by atoms with E-state index in [4.69, 9.17) is 19.6 Å². The Labute approximate surface area is 154 Å². The minimum atomic E-state index is 0.686. The topological polar surface area (TPSA) is 51.9 Å². The number of aryl methyl sites for hydroxylation is 1. The molecular weight excluding hydrogens is 328 g/mol. The number of benzene rings is 1. The van der Waals surface area contributed by atoms with E-state index in [2.05, 4.69) is 25.7 Å². The van der Waals surface area contributed by atoms with Gasteiger partial charge in [-0.3, -0.25) is 0 Å². The maximum Gasteiger partial charge on any atom is 0.161 e. The fraction of sp³-hybridized carbons (Fsp3) is 0.400. The van der Waals surface area contributed by atoms with Crippen molar-refractivity contribution in [2.45, 2.75) is 27.7 Å². The predicted octanol–water partition coefficient (Wildman–Crippen LogP) is 3.88. The van der Waals surface area contributed by atoms with E-state index in [1.807, 2.05) is 35.7 Å². The molecule has 0 aliphatic carbocycles. The molecule has 6 heteroatoms. The van der Waals surface area contributed by atoms with Crippen LogP contribution >= 0.6 is 0 Å². The molecule has 6 nitrogen and oxygen atoms in total. The first-order valence-corrected chi connectivity index (χ1v) is 8.88. The van der Waals surface area contributed by atoms with Crippen molar-refractivity contribution in [3.05, 3.63) is 35.5 Å². The highest BCUT2D eigenvalue weighted by molar-refractivity contribution is 5.69. The van der Waals surface area contributed by atoms with E-state index < -0.39 is 0 Å². The van der Waals surface area contributed by atoms with Crippen molar-refractivity contribution in [3.63, 3.8) is 0 Å². The van der Waals surface area contributed by atoms with E-state index in [1.54, 1.807) is 14.2 Å². The third-order valence-corrected chi connectivity index (χ3v) is 4.79. The molecule has 0 aliphatic rings. The Bertz CT molecular complexity index is 929. The quantitative estimate of drug-likeness (QED) is 0.672. The number of methoxy groups -OCH3 is 2. The van der Waals surface area contributed by atoms with Crippen molar-refractivity contribution in [3.8, 4) is 22.8 Å². The van der Waals surface area contributed by atoms with E-state index in [0.717, 1.165) is 47.1 Å². The van der Waals surface area contributed by atoms with Gasteiger partial charge in [-0.05, 0) is 45.9 Å². The van der Waals surface area contributed by atoms with E-state index in [1.165, 1.54) is 0 Å². The molecule has 0 amide bonds. The fourth-order valence-corrected chi connectivity index (χ4v) is 3.21. The third-order valence-electron chi connectivity index (χ3n) is 4.79. The van der Waals surface area contributed by atoms with Gasteiger partial charge in [-0.2, -0.15) is 9.61 Å². The first-order valence-electron chi connectivity index (χ1n) is 8.88. The van der Waals surface area contributed by atoms with Crippen LogP contribution in [0.3, 0.4) is 0 Å². The number of ether oxygens (including phenoxy) is 2. The van der Waals surface area contributed by atoms with E-state index in [0.29, 0.717) is 11.5 Å². The number of nitrogens with zero attached hydrogens (tertiary/aromatic N) is 4. The van der Waals surface area contributed by atoms with Crippen LogP contribution in [-0.2, 0) is 0 Å². The summed E-state index contributed by atoms with van der Waals surface area (Å²) in [4.78, 5) is 7.04. The Morgan fingerprint density at radius 1 is 1.00 bits per heavy atom. The van der Waals surface area contributed by atoms with Gasteiger partial charge in [-0.1, -0.05) is 0 Å². The van der Waals surface area contributed by atoms with Crippen LogP contribution in [0, 0.1) is 13.8 Å². The Hall–Kier alpha value is -2.76. The minimum Gasteiger partial charge on any atom is -0.493 e. The van der Waals surface area contributed by atoms with Gasteiger partial charge in [0.05, 0.1) is 19.9 Å². The Morgan fingerprint density at radius 3 is 2.31 bits per heavy atom. The summed E-state index contributed by atoms with van der Waals surface area (Å²) in [6.45, 7) is 10.3. The Morgan fingerprint density at radius 2 is 1.69 bits per heavy atom. The van der Waals surface area contributed by atoms with Crippen LogP contribution in [0.1, 0.15) is 25.1 Å². The second-order valence-electron chi connectivity index (χ2n) is 6.19. The van der Waals surface area contributed by atoms with E-state index in [-0.39, 0.29) is 0 Å². The number of aromatic nitrogens is 3. The summed E-state index contributed by atoms with van der Waals surface area (Å²) >= 11 is 0. The molecule has 26 heavy (non-hydrogen) atoms. The maximum absolute atomic E-state index is 5.42. The van der Waals surface area contributed by atoms with Crippen molar-refractivity contribution >= 4 is 11.5 Å². The standard InChI is InChI=1S/C20H26N4O2/c1-7-23(8-2)20-13(3)14(4)21-19-12-16(22-24(19)20)15-9-10-17(25-5)18(11-15)26-6/h9-12H,7-8H2,1-6H3. The lowest BCUT2D eigenvalue weighted by molar-refractivity contribution is 0.355. The fourth-order valence-electron chi connectivity index (χ4n) is 3.21. The van der Waals surface area contributed by atoms with Gasteiger partial charge in [0.1, 0.15) is 5.82 Å². The Kier molecular flexibility index (Phi) is 5.02. The van der Waals surface area contributed by atoms with Gasteiger partial charge in [0.15, 0.2) is 17.1 Å². The molecule has 0 N–H and O–H groups in total. The highest BCUT2D eigenvalue weighted by Gasteiger charge is 2.17. The second-order valence-corrected chi connectivity index (χ2v) is 6.19. The zero-order chi connectivity index (χ0) is 18.8. The highest BCUT2D eigenvalue weighted by atomic mass is 16.5. The van der Waals surface area contributed by atoms with Gasteiger partial charge < -0.3 is 14.4 Å². The molecule has 0 aliphatic heterocycles. The zero-order valence-corrected chi connectivity index (χ0v) is 16.3. The van der Waals surface area contributed by atoms with Crippen molar-refractivity contribution in [2.75, 3.05) is 32.2 Å². The lowest BCUT2D eigenvalue weighted by atomic mass is 10.1. The van der Waals surface area contributed by atoms with Gasteiger partial charge in [0, 0.05) is 36.0 Å². The normalized spacial score (nSPS) is 11.0. The Balaban J connectivity index is 2.20. The average molecular weight is 354 g/mol. The number of hydrogen-bond donors (Lipinski definition) is 0. The SMILES string of the molecule is CCN(CC)c1c(C)c(C)nc2cc(-c3ccc(OC)c(OC)c3)nn12. The maximum atomic E-state index is 5.42. The second kappa shape index (κ2) is 7.23.